The maximum Gasteiger partial charge on any atom is 0.573 e. The lowest BCUT2D eigenvalue weighted by Gasteiger charge is -2.14. The van der Waals surface area contributed by atoms with E-state index < -0.39 is 36.0 Å². The quantitative estimate of drug-likeness (QED) is 0.729. The minimum absolute atomic E-state index is 0.375. The summed E-state index contributed by atoms with van der Waals surface area (Å²) in [7, 11) is 0. The van der Waals surface area contributed by atoms with E-state index >= 15 is 0 Å². The van der Waals surface area contributed by atoms with Crippen molar-refractivity contribution < 1.29 is 27.8 Å². The third-order valence-electron chi connectivity index (χ3n) is 1.70. The van der Waals surface area contributed by atoms with Crippen LogP contribution in [0.2, 0.25) is 0 Å². The summed E-state index contributed by atoms with van der Waals surface area (Å²) in [6.45, 7) is -0.434. The Balaban J connectivity index is 3.26. The van der Waals surface area contributed by atoms with E-state index in [2.05, 4.69) is 9.72 Å². The molecule has 0 spiro atoms. The smallest absolute Gasteiger partial charge is 0.477 e. The molecular formula is C8H8F3N3O3. The SMILES string of the molecule is NCc1nc(C(=O)O)cc(N)c1OC(F)(F)F. The monoisotopic (exact) mass is 251 g/mol. The minimum atomic E-state index is -4.95. The number of carboxylic acid groups (broad SMARTS) is 1. The van der Waals surface area contributed by atoms with Gasteiger partial charge in [-0.05, 0) is 6.07 Å². The molecule has 0 aromatic carbocycles. The van der Waals surface area contributed by atoms with Crippen LogP contribution in [0.25, 0.3) is 0 Å². The molecule has 17 heavy (non-hydrogen) atoms. The zero-order valence-corrected chi connectivity index (χ0v) is 8.28. The van der Waals surface area contributed by atoms with Crippen LogP contribution in [0.15, 0.2) is 6.07 Å². The van der Waals surface area contributed by atoms with Crippen molar-refractivity contribution in [1.29, 1.82) is 0 Å². The number of nitrogen functional groups attached to an aromatic ring is 1. The number of alkyl halides is 3. The number of carboxylic acids is 1. The Morgan fingerprint density at radius 3 is 2.53 bits per heavy atom. The number of pyridine rings is 1. The van der Waals surface area contributed by atoms with Crippen LogP contribution < -0.4 is 16.2 Å². The van der Waals surface area contributed by atoms with E-state index in [1.54, 1.807) is 0 Å². The van der Waals surface area contributed by atoms with Gasteiger partial charge in [0.1, 0.15) is 0 Å². The normalized spacial score (nSPS) is 11.3. The molecule has 1 aromatic rings. The number of aromatic carboxylic acids is 1. The summed E-state index contributed by atoms with van der Waals surface area (Å²) in [6, 6.07) is 0.766. The van der Waals surface area contributed by atoms with Crippen molar-refractivity contribution in [3.05, 3.63) is 17.5 Å². The highest BCUT2D eigenvalue weighted by Gasteiger charge is 2.33. The van der Waals surface area contributed by atoms with Gasteiger partial charge in [-0.15, -0.1) is 13.2 Å². The third-order valence-corrected chi connectivity index (χ3v) is 1.70. The van der Waals surface area contributed by atoms with Gasteiger partial charge in [0, 0.05) is 6.54 Å². The highest BCUT2D eigenvalue weighted by Crippen LogP contribution is 2.31. The lowest BCUT2D eigenvalue weighted by atomic mass is 10.2. The first kappa shape index (κ1) is 13.0. The number of carbonyl (C=O) groups is 1. The fraction of sp³-hybridized carbons (Fsp3) is 0.250. The molecule has 0 atom stereocenters. The molecule has 94 valence electrons. The zero-order chi connectivity index (χ0) is 13.2. The second-order valence-corrected chi connectivity index (χ2v) is 2.93. The topological polar surface area (TPSA) is 111 Å². The maximum atomic E-state index is 12.0. The van der Waals surface area contributed by atoms with Crippen molar-refractivity contribution in [3.63, 3.8) is 0 Å². The average Bonchev–Trinajstić information content (AvgIpc) is 2.18. The van der Waals surface area contributed by atoms with E-state index in [0.717, 1.165) is 6.07 Å². The predicted molar refractivity (Wildman–Crippen MR) is 50.2 cm³/mol. The molecule has 0 radical (unpaired) electrons. The summed E-state index contributed by atoms with van der Waals surface area (Å²) in [4.78, 5) is 14.0. The highest BCUT2D eigenvalue weighted by atomic mass is 19.4. The summed E-state index contributed by atoms with van der Waals surface area (Å²) in [5.41, 5.74) is 9.04. The van der Waals surface area contributed by atoms with Gasteiger partial charge in [-0.2, -0.15) is 0 Å². The van der Waals surface area contributed by atoms with Gasteiger partial charge in [0.15, 0.2) is 11.4 Å². The van der Waals surface area contributed by atoms with E-state index in [1.807, 2.05) is 0 Å². The molecule has 6 nitrogen and oxygen atoms in total. The van der Waals surface area contributed by atoms with Crippen molar-refractivity contribution in [2.75, 3.05) is 5.73 Å². The number of nitrogens with two attached hydrogens (primary N) is 2. The predicted octanol–water partition coefficient (Wildman–Crippen LogP) is 0.719. The molecule has 0 aliphatic carbocycles. The number of hydrogen-bond donors (Lipinski definition) is 3. The molecule has 9 heteroatoms. The van der Waals surface area contributed by atoms with E-state index in [9.17, 15) is 18.0 Å². The van der Waals surface area contributed by atoms with Crippen LogP contribution in [0.1, 0.15) is 16.2 Å². The van der Waals surface area contributed by atoms with Crippen LogP contribution in [0, 0.1) is 0 Å². The van der Waals surface area contributed by atoms with Gasteiger partial charge in [-0.25, -0.2) is 9.78 Å². The lowest BCUT2D eigenvalue weighted by molar-refractivity contribution is -0.274. The molecule has 0 bridgehead atoms. The first-order chi connectivity index (χ1) is 7.74. The van der Waals surface area contributed by atoms with Gasteiger partial charge in [0.2, 0.25) is 0 Å². The van der Waals surface area contributed by atoms with Crippen LogP contribution in [-0.2, 0) is 6.54 Å². The summed E-state index contributed by atoms with van der Waals surface area (Å²) in [6.07, 6.45) is -4.95. The Labute approximate surface area is 93.0 Å². The van der Waals surface area contributed by atoms with E-state index in [0.29, 0.717) is 0 Å². The Bertz CT molecular complexity index is 448. The average molecular weight is 251 g/mol. The summed E-state index contributed by atoms with van der Waals surface area (Å²) in [5, 5.41) is 8.63. The van der Waals surface area contributed by atoms with Crippen LogP contribution in [0.5, 0.6) is 5.75 Å². The highest BCUT2D eigenvalue weighted by molar-refractivity contribution is 5.87. The number of ether oxygens (including phenoxy) is 1. The largest absolute Gasteiger partial charge is 0.573 e. The van der Waals surface area contributed by atoms with Gasteiger partial charge in [0.05, 0.1) is 11.4 Å². The maximum absolute atomic E-state index is 12.0. The van der Waals surface area contributed by atoms with Crippen molar-refractivity contribution in [3.8, 4) is 5.75 Å². The first-order valence-corrected chi connectivity index (χ1v) is 4.23. The Hall–Kier alpha value is -2.03. The van der Waals surface area contributed by atoms with Gasteiger partial charge in [-0.1, -0.05) is 0 Å². The number of rotatable bonds is 3. The molecule has 1 rings (SSSR count). The van der Waals surface area contributed by atoms with Crippen LogP contribution >= 0.6 is 0 Å². The minimum Gasteiger partial charge on any atom is -0.477 e. The Morgan fingerprint density at radius 2 is 2.12 bits per heavy atom. The molecule has 0 aliphatic heterocycles. The zero-order valence-electron chi connectivity index (χ0n) is 8.28. The third kappa shape index (κ3) is 3.21. The number of hydrogen-bond acceptors (Lipinski definition) is 5. The molecule has 0 aliphatic rings. The first-order valence-electron chi connectivity index (χ1n) is 4.23. The summed E-state index contributed by atoms with van der Waals surface area (Å²) < 4.78 is 39.7. The van der Waals surface area contributed by atoms with E-state index in [1.165, 1.54) is 0 Å². The standard InChI is InChI=1S/C8H8F3N3O3/c9-8(10,11)17-6-3(13)1-4(7(15)16)14-5(6)2-12/h1H,2,12H2,(H2,13,14)(H,15,16). The summed E-state index contributed by atoms with van der Waals surface area (Å²) >= 11 is 0. The molecule has 1 aromatic heterocycles. The molecule has 0 unspecified atom stereocenters. The van der Waals surface area contributed by atoms with Crippen molar-refractivity contribution in [2.24, 2.45) is 5.73 Å². The lowest BCUT2D eigenvalue weighted by Crippen LogP contribution is -2.21. The fourth-order valence-electron chi connectivity index (χ4n) is 1.09. The molecule has 0 saturated heterocycles. The van der Waals surface area contributed by atoms with Gasteiger partial charge in [0.25, 0.3) is 0 Å². The van der Waals surface area contributed by atoms with Crippen molar-refractivity contribution in [1.82, 2.24) is 4.98 Å². The molecular weight excluding hydrogens is 243 g/mol. The van der Waals surface area contributed by atoms with Gasteiger partial charge in [-0.3, -0.25) is 0 Å². The molecule has 1 heterocycles. The fourth-order valence-corrected chi connectivity index (χ4v) is 1.09. The number of aromatic nitrogens is 1. The number of halogens is 3. The van der Waals surface area contributed by atoms with Crippen molar-refractivity contribution in [2.45, 2.75) is 12.9 Å². The summed E-state index contributed by atoms with van der Waals surface area (Å²) in [5.74, 6) is -2.20. The van der Waals surface area contributed by atoms with Crippen LogP contribution in [0.4, 0.5) is 18.9 Å². The molecule has 0 fully saturated rings. The second-order valence-electron chi connectivity index (χ2n) is 2.93. The number of nitrogens with zero attached hydrogens (tertiary/aromatic N) is 1. The molecule has 5 N–H and O–H groups in total. The van der Waals surface area contributed by atoms with Gasteiger partial charge < -0.3 is 21.3 Å². The van der Waals surface area contributed by atoms with Crippen molar-refractivity contribution >= 4 is 11.7 Å². The molecule has 0 saturated carbocycles. The van der Waals surface area contributed by atoms with E-state index in [-0.39, 0.29) is 5.69 Å². The van der Waals surface area contributed by atoms with Crippen LogP contribution in [-0.4, -0.2) is 22.4 Å². The Kier molecular flexibility index (Phi) is 3.42. The molecule has 0 amide bonds. The van der Waals surface area contributed by atoms with Crippen LogP contribution in [0.3, 0.4) is 0 Å². The van der Waals surface area contributed by atoms with Gasteiger partial charge >= 0.3 is 12.3 Å². The van der Waals surface area contributed by atoms with E-state index in [4.69, 9.17) is 16.6 Å². The Morgan fingerprint density at radius 1 is 1.53 bits per heavy atom. The number of anilines is 1. The second kappa shape index (κ2) is 4.45.